The number of methoxy groups -OCH3 is 1. The SMILES string of the molecule is COc1ccc(-c2c(NC(=O)Cc3ccccc3)oc3ccccc3c2=O)cc1. The molecule has 0 unspecified atom stereocenters. The summed E-state index contributed by atoms with van der Waals surface area (Å²) in [4.78, 5) is 25.8. The van der Waals surface area contributed by atoms with Crippen LogP contribution in [0.1, 0.15) is 5.56 Å². The van der Waals surface area contributed by atoms with Crippen LogP contribution in [0.25, 0.3) is 22.1 Å². The van der Waals surface area contributed by atoms with E-state index in [0.29, 0.717) is 27.8 Å². The summed E-state index contributed by atoms with van der Waals surface area (Å²) in [5.74, 6) is 0.554. The fourth-order valence-corrected chi connectivity index (χ4v) is 3.20. The third kappa shape index (κ3) is 3.89. The Morgan fingerprint density at radius 3 is 2.34 bits per heavy atom. The molecule has 1 N–H and O–H groups in total. The first-order chi connectivity index (χ1) is 14.2. The lowest BCUT2D eigenvalue weighted by atomic mass is 10.0. The minimum absolute atomic E-state index is 0.139. The predicted octanol–water partition coefficient (Wildman–Crippen LogP) is 4.65. The fraction of sp³-hybridized carbons (Fsp3) is 0.0833. The molecular formula is C24H19NO4. The molecule has 0 aliphatic rings. The molecule has 1 aromatic heterocycles. The number of carbonyl (C=O) groups excluding carboxylic acids is 1. The van der Waals surface area contributed by atoms with Crippen LogP contribution in [0.5, 0.6) is 5.75 Å². The molecule has 0 saturated heterocycles. The minimum Gasteiger partial charge on any atom is -0.497 e. The van der Waals surface area contributed by atoms with E-state index in [1.54, 1.807) is 55.6 Å². The number of hydrogen-bond donors (Lipinski definition) is 1. The number of amides is 1. The Hall–Kier alpha value is -3.86. The van der Waals surface area contributed by atoms with Crippen molar-refractivity contribution in [1.82, 2.24) is 0 Å². The Bertz CT molecular complexity index is 1210. The molecule has 1 amide bonds. The molecule has 0 spiro atoms. The molecule has 3 aromatic carbocycles. The van der Waals surface area contributed by atoms with Crippen LogP contribution in [0.2, 0.25) is 0 Å². The molecule has 0 aliphatic heterocycles. The van der Waals surface area contributed by atoms with Gasteiger partial charge in [-0.3, -0.25) is 14.9 Å². The molecule has 0 atom stereocenters. The second-order valence-corrected chi connectivity index (χ2v) is 6.57. The number of rotatable bonds is 5. The summed E-state index contributed by atoms with van der Waals surface area (Å²) in [6, 6.07) is 23.5. The molecule has 144 valence electrons. The molecule has 29 heavy (non-hydrogen) atoms. The molecule has 0 aliphatic carbocycles. The quantitative estimate of drug-likeness (QED) is 0.543. The van der Waals surface area contributed by atoms with Gasteiger partial charge in [0.2, 0.25) is 17.2 Å². The zero-order valence-corrected chi connectivity index (χ0v) is 15.8. The molecule has 5 heteroatoms. The van der Waals surface area contributed by atoms with E-state index >= 15 is 0 Å². The van der Waals surface area contributed by atoms with Crippen LogP contribution in [0.3, 0.4) is 0 Å². The second kappa shape index (κ2) is 8.02. The van der Waals surface area contributed by atoms with E-state index < -0.39 is 0 Å². The summed E-state index contributed by atoms with van der Waals surface area (Å²) in [5, 5.41) is 3.24. The van der Waals surface area contributed by atoms with Crippen molar-refractivity contribution >= 4 is 22.8 Å². The van der Waals surface area contributed by atoms with E-state index in [2.05, 4.69) is 5.32 Å². The molecular weight excluding hydrogens is 366 g/mol. The maximum absolute atomic E-state index is 13.2. The van der Waals surface area contributed by atoms with Gasteiger partial charge in [0.05, 0.1) is 24.5 Å². The zero-order valence-electron chi connectivity index (χ0n) is 15.8. The summed E-state index contributed by atoms with van der Waals surface area (Å²) < 4.78 is 11.1. The average molecular weight is 385 g/mol. The lowest BCUT2D eigenvalue weighted by molar-refractivity contribution is -0.115. The van der Waals surface area contributed by atoms with Crippen molar-refractivity contribution in [3.05, 3.63) is 94.6 Å². The molecule has 0 saturated carbocycles. The molecule has 0 radical (unpaired) electrons. The van der Waals surface area contributed by atoms with E-state index in [9.17, 15) is 9.59 Å². The van der Waals surface area contributed by atoms with Crippen molar-refractivity contribution in [2.75, 3.05) is 12.4 Å². The summed E-state index contributed by atoms with van der Waals surface area (Å²) in [5.41, 5.74) is 2.05. The normalized spacial score (nSPS) is 10.7. The Labute approximate surface area is 167 Å². The number of benzene rings is 3. The smallest absolute Gasteiger partial charge is 0.231 e. The first-order valence-electron chi connectivity index (χ1n) is 9.20. The highest BCUT2D eigenvalue weighted by Crippen LogP contribution is 2.30. The van der Waals surface area contributed by atoms with Crippen LogP contribution in [0.15, 0.2) is 88.1 Å². The van der Waals surface area contributed by atoms with Crippen LogP contribution in [0, 0.1) is 0 Å². The van der Waals surface area contributed by atoms with Gasteiger partial charge in [0.1, 0.15) is 11.3 Å². The first kappa shape index (κ1) is 18.5. The lowest BCUT2D eigenvalue weighted by Crippen LogP contribution is -2.18. The molecule has 0 bridgehead atoms. The molecule has 4 rings (SSSR count). The number of fused-ring (bicyclic) bond motifs is 1. The number of para-hydroxylation sites is 1. The van der Waals surface area contributed by atoms with Gasteiger partial charge in [0.15, 0.2) is 0 Å². The van der Waals surface area contributed by atoms with Crippen LogP contribution >= 0.6 is 0 Å². The third-order valence-electron chi connectivity index (χ3n) is 4.64. The van der Waals surface area contributed by atoms with Gasteiger partial charge in [-0.25, -0.2) is 0 Å². The van der Waals surface area contributed by atoms with Gasteiger partial charge in [-0.05, 0) is 35.4 Å². The highest BCUT2D eigenvalue weighted by Gasteiger charge is 2.18. The predicted molar refractivity (Wildman–Crippen MR) is 113 cm³/mol. The maximum Gasteiger partial charge on any atom is 0.231 e. The van der Waals surface area contributed by atoms with Gasteiger partial charge in [0, 0.05) is 0 Å². The highest BCUT2D eigenvalue weighted by atomic mass is 16.5. The van der Waals surface area contributed by atoms with Crippen LogP contribution in [-0.2, 0) is 11.2 Å². The standard InChI is InChI=1S/C24H19NO4/c1-28-18-13-11-17(12-14-18)22-23(27)19-9-5-6-10-20(19)29-24(22)25-21(26)15-16-7-3-2-4-8-16/h2-14H,15H2,1H3,(H,25,26). The Morgan fingerprint density at radius 2 is 1.62 bits per heavy atom. The maximum atomic E-state index is 13.2. The molecule has 4 aromatic rings. The van der Waals surface area contributed by atoms with Gasteiger partial charge in [-0.15, -0.1) is 0 Å². The van der Waals surface area contributed by atoms with Crippen LogP contribution < -0.4 is 15.5 Å². The first-order valence-corrected chi connectivity index (χ1v) is 9.20. The molecule has 0 fully saturated rings. The van der Waals surface area contributed by atoms with Crippen molar-refractivity contribution in [2.45, 2.75) is 6.42 Å². The average Bonchev–Trinajstić information content (AvgIpc) is 2.75. The van der Waals surface area contributed by atoms with Gasteiger partial charge in [0.25, 0.3) is 0 Å². The van der Waals surface area contributed by atoms with E-state index in [1.807, 2.05) is 30.3 Å². The van der Waals surface area contributed by atoms with E-state index in [4.69, 9.17) is 9.15 Å². The number of nitrogens with one attached hydrogen (secondary N) is 1. The van der Waals surface area contributed by atoms with Crippen molar-refractivity contribution in [2.24, 2.45) is 0 Å². The summed E-state index contributed by atoms with van der Waals surface area (Å²) in [6.07, 6.45) is 0.180. The zero-order chi connectivity index (χ0) is 20.2. The van der Waals surface area contributed by atoms with E-state index in [0.717, 1.165) is 5.56 Å². The summed E-state index contributed by atoms with van der Waals surface area (Å²) >= 11 is 0. The van der Waals surface area contributed by atoms with Crippen molar-refractivity contribution in [3.8, 4) is 16.9 Å². The largest absolute Gasteiger partial charge is 0.497 e. The number of carbonyl (C=O) groups is 1. The molecule has 1 heterocycles. The Kier molecular flexibility index (Phi) is 5.12. The topological polar surface area (TPSA) is 68.5 Å². The Balaban J connectivity index is 1.78. The Morgan fingerprint density at radius 1 is 0.931 bits per heavy atom. The second-order valence-electron chi connectivity index (χ2n) is 6.57. The van der Waals surface area contributed by atoms with Crippen LogP contribution in [0.4, 0.5) is 5.88 Å². The van der Waals surface area contributed by atoms with E-state index in [1.165, 1.54) is 0 Å². The highest BCUT2D eigenvalue weighted by molar-refractivity contribution is 5.97. The molecule has 5 nitrogen and oxygen atoms in total. The van der Waals surface area contributed by atoms with Crippen molar-refractivity contribution in [1.29, 1.82) is 0 Å². The third-order valence-corrected chi connectivity index (χ3v) is 4.64. The fourth-order valence-electron chi connectivity index (χ4n) is 3.20. The van der Waals surface area contributed by atoms with E-state index in [-0.39, 0.29) is 23.6 Å². The monoisotopic (exact) mass is 385 g/mol. The minimum atomic E-state index is -0.260. The summed E-state index contributed by atoms with van der Waals surface area (Å²) in [6.45, 7) is 0. The lowest BCUT2D eigenvalue weighted by Gasteiger charge is -2.12. The van der Waals surface area contributed by atoms with Gasteiger partial charge >= 0.3 is 0 Å². The van der Waals surface area contributed by atoms with Crippen molar-refractivity contribution < 1.29 is 13.9 Å². The number of hydrogen-bond acceptors (Lipinski definition) is 4. The number of anilines is 1. The van der Waals surface area contributed by atoms with Gasteiger partial charge < -0.3 is 9.15 Å². The van der Waals surface area contributed by atoms with Crippen LogP contribution in [-0.4, -0.2) is 13.0 Å². The summed E-state index contributed by atoms with van der Waals surface area (Å²) in [7, 11) is 1.58. The van der Waals surface area contributed by atoms with Gasteiger partial charge in [-0.1, -0.05) is 54.6 Å². The van der Waals surface area contributed by atoms with Crippen molar-refractivity contribution in [3.63, 3.8) is 0 Å². The van der Waals surface area contributed by atoms with Gasteiger partial charge in [-0.2, -0.15) is 0 Å². The number of ether oxygens (including phenoxy) is 1.